The quantitative estimate of drug-likeness (QED) is 0.818. The Morgan fingerprint density at radius 3 is 2.43 bits per heavy atom. The van der Waals surface area contributed by atoms with Crippen LogP contribution in [0.4, 0.5) is 15.8 Å². The lowest BCUT2D eigenvalue weighted by Gasteiger charge is -2.36. The Kier molecular flexibility index (Phi) is 5.01. The molecule has 1 saturated heterocycles. The fraction of sp³-hybridized carbons (Fsp3) is 0.300. The van der Waals surface area contributed by atoms with Gasteiger partial charge in [0.2, 0.25) is 18.6 Å². The lowest BCUT2D eigenvalue weighted by atomic mass is 10.2. The third kappa shape index (κ3) is 4.00. The summed E-state index contributed by atoms with van der Waals surface area (Å²) in [6, 6.07) is 11.4. The van der Waals surface area contributed by atoms with Crippen molar-refractivity contribution in [1.82, 2.24) is 4.90 Å². The summed E-state index contributed by atoms with van der Waals surface area (Å²) in [4.78, 5) is 28.4. The molecule has 0 aromatic heterocycles. The summed E-state index contributed by atoms with van der Waals surface area (Å²) in [7, 11) is 0. The number of carbonyl (C=O) groups excluding carboxylic acids is 2. The summed E-state index contributed by atoms with van der Waals surface area (Å²) in [5.74, 6) is 0.349. The molecule has 0 unspecified atom stereocenters. The Hall–Kier alpha value is -3.29. The van der Waals surface area contributed by atoms with Gasteiger partial charge in [0.25, 0.3) is 0 Å². The number of hydrogen-bond acceptors (Lipinski definition) is 5. The second-order valence-corrected chi connectivity index (χ2v) is 6.64. The van der Waals surface area contributed by atoms with Crippen LogP contribution < -0.4 is 19.7 Å². The summed E-state index contributed by atoms with van der Waals surface area (Å²) < 4.78 is 23.5. The number of ether oxygens (including phenoxy) is 2. The fourth-order valence-corrected chi connectivity index (χ4v) is 3.29. The number of halogens is 1. The molecule has 0 spiro atoms. The van der Waals surface area contributed by atoms with Gasteiger partial charge in [-0.25, -0.2) is 4.39 Å². The molecule has 2 heterocycles. The van der Waals surface area contributed by atoms with E-state index in [1.165, 1.54) is 12.1 Å². The summed E-state index contributed by atoms with van der Waals surface area (Å²) in [6.07, 6.45) is -0.217. The van der Waals surface area contributed by atoms with E-state index in [0.29, 0.717) is 43.4 Å². The van der Waals surface area contributed by atoms with Gasteiger partial charge in [-0.2, -0.15) is 0 Å². The predicted octanol–water partition coefficient (Wildman–Crippen LogP) is 2.23. The van der Waals surface area contributed by atoms with Crippen molar-refractivity contribution >= 4 is 23.2 Å². The van der Waals surface area contributed by atoms with Crippen LogP contribution in [0.5, 0.6) is 11.5 Å². The van der Waals surface area contributed by atoms with Gasteiger partial charge in [0.15, 0.2) is 11.5 Å². The first-order valence-corrected chi connectivity index (χ1v) is 9.06. The molecule has 2 aromatic carbocycles. The van der Waals surface area contributed by atoms with Crippen LogP contribution in [0.2, 0.25) is 0 Å². The standard InChI is InChI=1S/C20H20FN3O4/c21-14-1-4-16(5-2-14)23-7-9-24(10-8-23)20(26)12-19(25)22-15-3-6-17-18(11-15)28-13-27-17/h1-6,11H,7-10,12-13H2,(H,22,25). The average Bonchev–Trinajstić information content (AvgIpc) is 3.16. The number of piperazine rings is 1. The third-order valence-corrected chi connectivity index (χ3v) is 4.79. The highest BCUT2D eigenvalue weighted by Crippen LogP contribution is 2.34. The maximum Gasteiger partial charge on any atom is 0.233 e. The van der Waals surface area contributed by atoms with Crippen LogP contribution in [-0.4, -0.2) is 49.7 Å². The van der Waals surface area contributed by atoms with Crippen LogP contribution in [0, 0.1) is 5.82 Å². The van der Waals surface area contributed by atoms with E-state index in [4.69, 9.17) is 9.47 Å². The minimum atomic E-state index is -0.371. The van der Waals surface area contributed by atoms with E-state index in [-0.39, 0.29) is 30.8 Å². The van der Waals surface area contributed by atoms with E-state index < -0.39 is 0 Å². The lowest BCUT2D eigenvalue weighted by molar-refractivity contribution is -0.134. The van der Waals surface area contributed by atoms with Crippen LogP contribution in [0.1, 0.15) is 6.42 Å². The third-order valence-electron chi connectivity index (χ3n) is 4.79. The highest BCUT2D eigenvalue weighted by Gasteiger charge is 2.23. The molecule has 2 amide bonds. The van der Waals surface area contributed by atoms with Gasteiger partial charge in [0.1, 0.15) is 12.2 Å². The van der Waals surface area contributed by atoms with Crippen molar-refractivity contribution in [3.8, 4) is 11.5 Å². The van der Waals surface area contributed by atoms with Crippen molar-refractivity contribution < 1.29 is 23.5 Å². The Bertz CT molecular complexity index is 880. The number of anilines is 2. The van der Waals surface area contributed by atoms with E-state index in [1.54, 1.807) is 35.2 Å². The zero-order chi connectivity index (χ0) is 19.5. The number of hydrogen-bond donors (Lipinski definition) is 1. The molecule has 0 atom stereocenters. The van der Waals surface area contributed by atoms with Crippen molar-refractivity contribution in [2.75, 3.05) is 43.2 Å². The Morgan fingerprint density at radius 1 is 0.964 bits per heavy atom. The average molecular weight is 385 g/mol. The Balaban J connectivity index is 1.27. The molecule has 0 saturated carbocycles. The zero-order valence-corrected chi connectivity index (χ0v) is 15.2. The number of benzene rings is 2. The number of fused-ring (bicyclic) bond motifs is 1. The molecule has 1 N–H and O–H groups in total. The monoisotopic (exact) mass is 385 g/mol. The molecule has 0 bridgehead atoms. The van der Waals surface area contributed by atoms with E-state index in [2.05, 4.69) is 10.2 Å². The van der Waals surface area contributed by atoms with E-state index >= 15 is 0 Å². The highest BCUT2D eigenvalue weighted by molar-refractivity contribution is 6.03. The molecule has 28 heavy (non-hydrogen) atoms. The Labute approximate surface area is 161 Å². The summed E-state index contributed by atoms with van der Waals surface area (Å²) in [6.45, 7) is 2.48. The summed E-state index contributed by atoms with van der Waals surface area (Å²) in [5, 5.41) is 2.71. The molecule has 1 fully saturated rings. The first kappa shape index (κ1) is 18.1. The van der Waals surface area contributed by atoms with E-state index in [1.807, 2.05) is 0 Å². The van der Waals surface area contributed by atoms with Crippen LogP contribution in [0.3, 0.4) is 0 Å². The number of nitrogens with one attached hydrogen (secondary N) is 1. The number of rotatable bonds is 4. The molecule has 7 nitrogen and oxygen atoms in total. The summed E-state index contributed by atoms with van der Waals surface area (Å²) in [5.41, 5.74) is 1.48. The van der Waals surface area contributed by atoms with Gasteiger partial charge in [-0.1, -0.05) is 0 Å². The van der Waals surface area contributed by atoms with Crippen molar-refractivity contribution in [2.45, 2.75) is 6.42 Å². The van der Waals surface area contributed by atoms with E-state index in [9.17, 15) is 14.0 Å². The van der Waals surface area contributed by atoms with Gasteiger partial charge in [-0.3, -0.25) is 9.59 Å². The first-order chi connectivity index (χ1) is 13.6. The minimum absolute atomic E-state index is 0.162. The highest BCUT2D eigenvalue weighted by atomic mass is 19.1. The molecule has 146 valence electrons. The summed E-state index contributed by atoms with van der Waals surface area (Å²) >= 11 is 0. The lowest BCUT2D eigenvalue weighted by Crippen LogP contribution is -2.49. The molecule has 2 aliphatic heterocycles. The van der Waals surface area contributed by atoms with Gasteiger partial charge in [0.05, 0.1) is 0 Å². The van der Waals surface area contributed by atoms with Gasteiger partial charge in [-0.05, 0) is 36.4 Å². The van der Waals surface area contributed by atoms with Crippen LogP contribution in [0.25, 0.3) is 0 Å². The van der Waals surface area contributed by atoms with Crippen molar-refractivity contribution in [3.05, 3.63) is 48.3 Å². The number of amides is 2. The van der Waals surface area contributed by atoms with Crippen LogP contribution in [0.15, 0.2) is 42.5 Å². The fourth-order valence-electron chi connectivity index (χ4n) is 3.29. The van der Waals surface area contributed by atoms with Gasteiger partial charge < -0.3 is 24.6 Å². The maximum absolute atomic E-state index is 13.0. The predicted molar refractivity (Wildman–Crippen MR) is 101 cm³/mol. The molecule has 0 aliphatic carbocycles. The molecule has 4 rings (SSSR count). The smallest absolute Gasteiger partial charge is 0.233 e. The molecule has 8 heteroatoms. The first-order valence-electron chi connectivity index (χ1n) is 9.06. The van der Waals surface area contributed by atoms with Crippen LogP contribution >= 0.6 is 0 Å². The maximum atomic E-state index is 13.0. The molecule has 0 radical (unpaired) electrons. The second-order valence-electron chi connectivity index (χ2n) is 6.64. The van der Waals surface area contributed by atoms with Crippen molar-refractivity contribution in [2.24, 2.45) is 0 Å². The number of nitrogens with zero attached hydrogens (tertiary/aromatic N) is 2. The zero-order valence-electron chi connectivity index (χ0n) is 15.2. The second kappa shape index (κ2) is 7.75. The van der Waals surface area contributed by atoms with Gasteiger partial charge in [-0.15, -0.1) is 0 Å². The van der Waals surface area contributed by atoms with Crippen LogP contribution in [-0.2, 0) is 9.59 Å². The molecule has 2 aliphatic rings. The minimum Gasteiger partial charge on any atom is -0.454 e. The van der Waals surface area contributed by atoms with Gasteiger partial charge in [0, 0.05) is 43.6 Å². The normalized spacial score (nSPS) is 15.5. The SMILES string of the molecule is O=C(CC(=O)N1CCN(c2ccc(F)cc2)CC1)Nc1ccc2c(c1)OCO2. The molecular weight excluding hydrogens is 365 g/mol. The largest absolute Gasteiger partial charge is 0.454 e. The number of carbonyl (C=O) groups is 2. The van der Waals surface area contributed by atoms with Crippen molar-refractivity contribution in [3.63, 3.8) is 0 Å². The van der Waals surface area contributed by atoms with E-state index in [0.717, 1.165) is 5.69 Å². The van der Waals surface area contributed by atoms with Crippen molar-refractivity contribution in [1.29, 1.82) is 0 Å². The van der Waals surface area contributed by atoms with Gasteiger partial charge >= 0.3 is 0 Å². The molecular formula is C20H20FN3O4. The topological polar surface area (TPSA) is 71.1 Å². The molecule has 2 aromatic rings. The Morgan fingerprint density at radius 2 is 1.68 bits per heavy atom.